The molecule has 0 spiro atoms. The molecule has 1 N–H and O–H groups in total. The highest BCUT2D eigenvalue weighted by Gasteiger charge is 2.12. The first-order chi connectivity index (χ1) is 9.75. The molecule has 112 valence electrons. The Bertz CT molecular complexity index is 409. The number of halogens is 2. The number of hydrogen-bond acceptors (Lipinski definition) is 2. The summed E-state index contributed by atoms with van der Waals surface area (Å²) in [5.74, 6) is 0.654. The van der Waals surface area contributed by atoms with Gasteiger partial charge in [-0.05, 0) is 37.5 Å². The summed E-state index contributed by atoms with van der Waals surface area (Å²) in [4.78, 5) is 1.66. The van der Waals surface area contributed by atoms with Gasteiger partial charge in [0.05, 0.1) is 31.3 Å². The molecular formula is C15H22Cl2NO2+. The van der Waals surface area contributed by atoms with Gasteiger partial charge >= 0.3 is 0 Å². The number of quaternary nitrogens is 1. The standard InChI is InChI=1S/C15H21Cl2NO2/c16-13-4-5-15(14(17)12-13)20-11-10-19-9-8-18-6-2-1-3-7-18/h4-5,12H,1-3,6-11H2/p+1. The van der Waals surface area contributed by atoms with Gasteiger partial charge in [-0.15, -0.1) is 0 Å². The maximum atomic E-state index is 6.02. The van der Waals surface area contributed by atoms with E-state index in [9.17, 15) is 0 Å². The third-order valence-electron chi connectivity index (χ3n) is 3.54. The summed E-state index contributed by atoms with van der Waals surface area (Å²) in [5.41, 5.74) is 0. The molecule has 0 radical (unpaired) electrons. The first-order valence-electron chi connectivity index (χ1n) is 7.25. The van der Waals surface area contributed by atoms with Crippen LogP contribution in [0, 0.1) is 0 Å². The van der Waals surface area contributed by atoms with Crippen LogP contribution in [0.1, 0.15) is 19.3 Å². The van der Waals surface area contributed by atoms with Gasteiger partial charge in [0.1, 0.15) is 18.9 Å². The van der Waals surface area contributed by atoms with E-state index in [-0.39, 0.29) is 0 Å². The first kappa shape index (κ1) is 15.9. The second-order valence-electron chi connectivity index (χ2n) is 5.10. The van der Waals surface area contributed by atoms with Crippen LogP contribution in [-0.2, 0) is 4.74 Å². The number of hydrogen-bond donors (Lipinski definition) is 1. The Balaban J connectivity index is 1.55. The van der Waals surface area contributed by atoms with Crippen LogP contribution in [-0.4, -0.2) is 39.5 Å². The summed E-state index contributed by atoms with van der Waals surface area (Å²) in [6.07, 6.45) is 4.10. The fourth-order valence-electron chi connectivity index (χ4n) is 2.42. The maximum absolute atomic E-state index is 6.02. The van der Waals surface area contributed by atoms with Crippen LogP contribution < -0.4 is 9.64 Å². The van der Waals surface area contributed by atoms with E-state index >= 15 is 0 Å². The zero-order chi connectivity index (χ0) is 14.2. The molecular weight excluding hydrogens is 297 g/mol. The molecule has 0 bridgehead atoms. The highest BCUT2D eigenvalue weighted by Crippen LogP contribution is 2.27. The summed E-state index contributed by atoms with van der Waals surface area (Å²) >= 11 is 11.8. The van der Waals surface area contributed by atoms with Crippen molar-refractivity contribution in [2.45, 2.75) is 19.3 Å². The Labute approximate surface area is 130 Å². The molecule has 0 aliphatic carbocycles. The molecule has 1 aromatic rings. The Morgan fingerprint density at radius 2 is 1.80 bits per heavy atom. The van der Waals surface area contributed by atoms with E-state index in [4.69, 9.17) is 32.7 Å². The van der Waals surface area contributed by atoms with Crippen LogP contribution in [0.5, 0.6) is 5.75 Å². The molecule has 0 amide bonds. The average Bonchev–Trinajstić information content (AvgIpc) is 2.46. The summed E-state index contributed by atoms with van der Waals surface area (Å²) in [7, 11) is 0. The summed E-state index contributed by atoms with van der Waals surface area (Å²) in [5, 5.41) is 1.15. The zero-order valence-electron chi connectivity index (χ0n) is 11.7. The van der Waals surface area contributed by atoms with Gasteiger partial charge in [0.15, 0.2) is 0 Å². The van der Waals surface area contributed by atoms with Gasteiger partial charge in [0.2, 0.25) is 0 Å². The number of likely N-dealkylation sites (tertiary alicyclic amines) is 1. The van der Waals surface area contributed by atoms with Gasteiger partial charge in [0, 0.05) is 5.02 Å². The lowest BCUT2D eigenvalue weighted by Gasteiger charge is -2.23. The van der Waals surface area contributed by atoms with E-state index < -0.39 is 0 Å². The average molecular weight is 319 g/mol. The minimum Gasteiger partial charge on any atom is -0.490 e. The minimum atomic E-state index is 0.511. The van der Waals surface area contributed by atoms with Crippen molar-refractivity contribution in [3.05, 3.63) is 28.2 Å². The fourth-order valence-corrected chi connectivity index (χ4v) is 2.89. The van der Waals surface area contributed by atoms with E-state index in [0.29, 0.717) is 29.0 Å². The Hall–Kier alpha value is -0.480. The lowest BCUT2D eigenvalue weighted by Crippen LogP contribution is -3.13. The van der Waals surface area contributed by atoms with Gasteiger partial charge in [-0.3, -0.25) is 0 Å². The van der Waals surface area contributed by atoms with Gasteiger partial charge in [0.25, 0.3) is 0 Å². The summed E-state index contributed by atoms with van der Waals surface area (Å²) in [6, 6.07) is 5.23. The molecule has 1 heterocycles. The fraction of sp³-hybridized carbons (Fsp3) is 0.600. The van der Waals surface area contributed by atoms with Crippen molar-refractivity contribution in [2.24, 2.45) is 0 Å². The van der Waals surface area contributed by atoms with Crippen molar-refractivity contribution < 1.29 is 14.4 Å². The van der Waals surface area contributed by atoms with E-state index in [2.05, 4.69) is 0 Å². The lowest BCUT2D eigenvalue weighted by molar-refractivity contribution is -0.905. The van der Waals surface area contributed by atoms with Crippen LogP contribution in [0.15, 0.2) is 18.2 Å². The molecule has 0 aromatic heterocycles. The topological polar surface area (TPSA) is 22.9 Å². The largest absolute Gasteiger partial charge is 0.490 e. The van der Waals surface area contributed by atoms with Gasteiger partial charge in [-0.2, -0.15) is 0 Å². The van der Waals surface area contributed by atoms with Gasteiger partial charge < -0.3 is 14.4 Å². The molecule has 1 saturated heterocycles. The van der Waals surface area contributed by atoms with E-state index in [1.807, 2.05) is 0 Å². The number of benzene rings is 1. The molecule has 5 heteroatoms. The highest BCUT2D eigenvalue weighted by atomic mass is 35.5. The number of nitrogens with one attached hydrogen (secondary N) is 1. The van der Waals surface area contributed by atoms with Crippen LogP contribution in [0.2, 0.25) is 10.0 Å². The summed E-state index contributed by atoms with van der Waals surface area (Å²) < 4.78 is 11.2. The quantitative estimate of drug-likeness (QED) is 0.780. The number of rotatable bonds is 7. The monoisotopic (exact) mass is 318 g/mol. The maximum Gasteiger partial charge on any atom is 0.138 e. The van der Waals surface area contributed by atoms with Gasteiger partial charge in [-0.1, -0.05) is 23.2 Å². The van der Waals surface area contributed by atoms with Crippen LogP contribution >= 0.6 is 23.2 Å². The molecule has 1 aromatic carbocycles. The highest BCUT2D eigenvalue weighted by molar-refractivity contribution is 6.35. The van der Waals surface area contributed by atoms with Crippen LogP contribution in [0.3, 0.4) is 0 Å². The molecule has 0 saturated carbocycles. The van der Waals surface area contributed by atoms with E-state index in [1.165, 1.54) is 32.4 Å². The van der Waals surface area contributed by atoms with Crippen molar-refractivity contribution in [3.8, 4) is 5.75 Å². The van der Waals surface area contributed by atoms with Crippen molar-refractivity contribution in [3.63, 3.8) is 0 Å². The number of ether oxygens (including phenoxy) is 2. The lowest BCUT2D eigenvalue weighted by atomic mass is 10.1. The Morgan fingerprint density at radius 3 is 2.55 bits per heavy atom. The molecule has 1 aliphatic heterocycles. The van der Waals surface area contributed by atoms with Crippen LogP contribution in [0.4, 0.5) is 0 Å². The molecule has 3 nitrogen and oxygen atoms in total. The molecule has 0 atom stereocenters. The molecule has 1 fully saturated rings. The number of piperidine rings is 1. The third-order valence-corrected chi connectivity index (χ3v) is 4.07. The van der Waals surface area contributed by atoms with Gasteiger partial charge in [-0.25, -0.2) is 0 Å². The second kappa shape index (κ2) is 8.73. The molecule has 2 rings (SSSR count). The molecule has 20 heavy (non-hydrogen) atoms. The predicted molar refractivity (Wildman–Crippen MR) is 82.2 cm³/mol. The van der Waals surface area contributed by atoms with Crippen molar-refractivity contribution in [1.29, 1.82) is 0 Å². The normalized spacial score (nSPS) is 16.3. The molecule has 1 aliphatic rings. The minimum absolute atomic E-state index is 0.511. The Morgan fingerprint density at radius 1 is 1.00 bits per heavy atom. The zero-order valence-corrected chi connectivity index (χ0v) is 13.2. The van der Waals surface area contributed by atoms with E-state index in [1.54, 1.807) is 23.1 Å². The van der Waals surface area contributed by atoms with Crippen molar-refractivity contribution >= 4 is 23.2 Å². The van der Waals surface area contributed by atoms with E-state index in [0.717, 1.165) is 13.2 Å². The van der Waals surface area contributed by atoms with Crippen molar-refractivity contribution in [2.75, 3.05) is 39.5 Å². The second-order valence-corrected chi connectivity index (χ2v) is 5.94. The third kappa shape index (κ3) is 5.49. The summed E-state index contributed by atoms with van der Waals surface area (Å²) in [6.45, 7) is 5.58. The first-order valence-corrected chi connectivity index (χ1v) is 8.00. The van der Waals surface area contributed by atoms with Crippen LogP contribution in [0.25, 0.3) is 0 Å². The molecule has 0 unspecified atom stereocenters. The van der Waals surface area contributed by atoms with Crippen molar-refractivity contribution in [1.82, 2.24) is 0 Å². The Kier molecular flexibility index (Phi) is 6.94. The smallest absolute Gasteiger partial charge is 0.138 e. The SMILES string of the molecule is Clc1ccc(OCCOCC[NH+]2CCCCC2)c(Cl)c1. The predicted octanol–water partition coefficient (Wildman–Crippen LogP) is 2.46.